The minimum Gasteiger partial charge on any atom is -0.368 e. The van der Waals surface area contributed by atoms with Gasteiger partial charge in [-0.05, 0) is 45.8 Å². The highest BCUT2D eigenvalue weighted by Crippen LogP contribution is 2.38. The van der Waals surface area contributed by atoms with E-state index in [2.05, 4.69) is 22.0 Å². The van der Waals surface area contributed by atoms with Gasteiger partial charge in [0.05, 0.1) is 11.6 Å². The summed E-state index contributed by atoms with van der Waals surface area (Å²) < 4.78 is 0.921. The first kappa shape index (κ1) is 14.6. The Morgan fingerprint density at radius 2 is 1.85 bits per heavy atom. The van der Waals surface area contributed by atoms with Gasteiger partial charge in [-0.2, -0.15) is 5.26 Å². The molecule has 0 heterocycles. The molecule has 20 heavy (non-hydrogen) atoms. The molecule has 1 atom stereocenters. The number of carbonyl (C=O) groups is 1. The lowest BCUT2D eigenvalue weighted by molar-refractivity contribution is -0.117. The molecule has 0 saturated heterocycles. The summed E-state index contributed by atoms with van der Waals surface area (Å²) in [5, 5.41) is 8.31. The van der Waals surface area contributed by atoms with Gasteiger partial charge in [-0.3, -0.25) is 4.79 Å². The number of amides is 1. The Bertz CT molecular complexity index is 664. The molecule has 2 aromatic rings. The van der Waals surface area contributed by atoms with E-state index in [0.29, 0.717) is 5.56 Å². The highest BCUT2D eigenvalue weighted by Gasteiger charge is 2.20. The molecular weight excluding hydrogens is 336 g/mol. The van der Waals surface area contributed by atoms with Crippen LogP contribution in [0.1, 0.15) is 16.4 Å². The number of nitrogens with zero attached hydrogens (tertiary/aromatic N) is 1. The summed E-state index contributed by atoms with van der Waals surface area (Å²) in [4.78, 5) is 12.6. The highest BCUT2D eigenvalue weighted by molar-refractivity contribution is 9.10. The standard InChI is InChI=1S/C15H11BrN2OS/c16-12-3-1-2-4-13(12)20-14(15(18)19)11-7-5-10(9-17)6-8-11/h1-8,14H,(H2,18,19)/t14-/m0/s1. The van der Waals surface area contributed by atoms with Crippen LogP contribution in [-0.2, 0) is 4.79 Å². The zero-order chi connectivity index (χ0) is 14.5. The average Bonchev–Trinajstić information content (AvgIpc) is 2.46. The Hall–Kier alpha value is -1.77. The van der Waals surface area contributed by atoms with Crippen LogP contribution >= 0.6 is 27.7 Å². The van der Waals surface area contributed by atoms with Gasteiger partial charge in [-0.15, -0.1) is 11.8 Å². The smallest absolute Gasteiger partial charge is 0.235 e. The third-order valence-electron chi connectivity index (χ3n) is 2.68. The first-order valence-electron chi connectivity index (χ1n) is 5.82. The van der Waals surface area contributed by atoms with Crippen molar-refractivity contribution in [2.24, 2.45) is 5.73 Å². The van der Waals surface area contributed by atoms with Crippen molar-refractivity contribution < 1.29 is 4.79 Å². The SMILES string of the molecule is N#Cc1ccc([C@H](Sc2ccccc2Br)C(N)=O)cc1. The molecule has 0 fully saturated rings. The van der Waals surface area contributed by atoms with E-state index in [1.165, 1.54) is 11.8 Å². The van der Waals surface area contributed by atoms with Crippen LogP contribution < -0.4 is 5.73 Å². The molecule has 0 radical (unpaired) electrons. The summed E-state index contributed by atoms with van der Waals surface area (Å²) in [6.45, 7) is 0. The number of hydrogen-bond acceptors (Lipinski definition) is 3. The fourth-order valence-electron chi connectivity index (χ4n) is 1.69. The lowest BCUT2D eigenvalue weighted by Crippen LogP contribution is -2.18. The zero-order valence-corrected chi connectivity index (χ0v) is 12.8. The molecule has 0 aliphatic rings. The van der Waals surface area contributed by atoms with Crippen molar-refractivity contribution in [1.82, 2.24) is 0 Å². The van der Waals surface area contributed by atoms with Gasteiger partial charge in [-0.1, -0.05) is 24.3 Å². The molecule has 100 valence electrons. The van der Waals surface area contributed by atoms with Gasteiger partial charge < -0.3 is 5.73 Å². The van der Waals surface area contributed by atoms with Gasteiger partial charge in [0.25, 0.3) is 0 Å². The second-order valence-corrected chi connectivity index (χ2v) is 6.07. The molecular formula is C15H11BrN2OS. The van der Waals surface area contributed by atoms with Crippen LogP contribution in [0.2, 0.25) is 0 Å². The number of hydrogen-bond donors (Lipinski definition) is 1. The molecule has 0 saturated carbocycles. The number of halogens is 1. The van der Waals surface area contributed by atoms with Crippen molar-refractivity contribution in [3.8, 4) is 6.07 Å². The third-order valence-corrected chi connectivity index (χ3v) is 4.99. The van der Waals surface area contributed by atoms with E-state index < -0.39 is 11.2 Å². The largest absolute Gasteiger partial charge is 0.368 e. The molecule has 1 amide bonds. The van der Waals surface area contributed by atoms with E-state index in [1.54, 1.807) is 24.3 Å². The summed E-state index contributed by atoms with van der Waals surface area (Å²) >= 11 is 4.84. The normalized spacial score (nSPS) is 11.6. The number of thioether (sulfide) groups is 1. The predicted molar refractivity (Wildman–Crippen MR) is 83.1 cm³/mol. The van der Waals surface area contributed by atoms with Crippen LogP contribution in [0.15, 0.2) is 57.9 Å². The van der Waals surface area contributed by atoms with Gasteiger partial charge in [0.1, 0.15) is 5.25 Å². The van der Waals surface area contributed by atoms with E-state index in [9.17, 15) is 4.79 Å². The van der Waals surface area contributed by atoms with Gasteiger partial charge in [0.2, 0.25) is 5.91 Å². The van der Waals surface area contributed by atoms with Crippen LogP contribution in [0.3, 0.4) is 0 Å². The Morgan fingerprint density at radius 3 is 2.40 bits per heavy atom. The minimum atomic E-state index is -0.485. The molecule has 5 heteroatoms. The van der Waals surface area contributed by atoms with Gasteiger partial charge >= 0.3 is 0 Å². The quantitative estimate of drug-likeness (QED) is 0.859. The van der Waals surface area contributed by atoms with E-state index in [1.807, 2.05) is 24.3 Å². The summed E-state index contributed by atoms with van der Waals surface area (Å²) in [6, 6.07) is 16.6. The Labute approximate surface area is 129 Å². The van der Waals surface area contributed by atoms with Crippen molar-refractivity contribution in [3.05, 3.63) is 64.1 Å². The maximum atomic E-state index is 11.7. The second kappa shape index (κ2) is 6.60. The monoisotopic (exact) mass is 346 g/mol. The Kier molecular flexibility index (Phi) is 4.83. The van der Waals surface area contributed by atoms with Crippen molar-refractivity contribution >= 4 is 33.6 Å². The molecule has 2 rings (SSSR count). The highest BCUT2D eigenvalue weighted by atomic mass is 79.9. The van der Waals surface area contributed by atoms with Gasteiger partial charge in [-0.25, -0.2) is 0 Å². The molecule has 0 aliphatic carbocycles. The van der Waals surface area contributed by atoms with Crippen LogP contribution in [0.4, 0.5) is 0 Å². The van der Waals surface area contributed by atoms with E-state index >= 15 is 0 Å². The Morgan fingerprint density at radius 1 is 1.20 bits per heavy atom. The van der Waals surface area contributed by atoms with Crippen LogP contribution in [-0.4, -0.2) is 5.91 Å². The molecule has 3 nitrogen and oxygen atoms in total. The number of nitrogens with two attached hydrogens (primary N) is 1. The van der Waals surface area contributed by atoms with E-state index in [4.69, 9.17) is 11.0 Å². The fraction of sp³-hybridized carbons (Fsp3) is 0.0667. The second-order valence-electron chi connectivity index (χ2n) is 4.06. The summed E-state index contributed by atoms with van der Waals surface area (Å²) in [6.07, 6.45) is 0. The van der Waals surface area contributed by atoms with Crippen molar-refractivity contribution in [3.63, 3.8) is 0 Å². The van der Waals surface area contributed by atoms with Crippen molar-refractivity contribution in [2.75, 3.05) is 0 Å². The van der Waals surface area contributed by atoms with Gasteiger partial charge in [0, 0.05) is 9.37 Å². The first-order valence-corrected chi connectivity index (χ1v) is 7.49. The van der Waals surface area contributed by atoms with Crippen LogP contribution in [0, 0.1) is 11.3 Å². The number of carbonyl (C=O) groups excluding carboxylic acids is 1. The third kappa shape index (κ3) is 3.41. The molecule has 0 spiro atoms. The topological polar surface area (TPSA) is 66.9 Å². The van der Waals surface area contributed by atoms with Gasteiger partial charge in [0.15, 0.2) is 0 Å². The lowest BCUT2D eigenvalue weighted by atomic mass is 10.1. The van der Waals surface area contributed by atoms with Crippen molar-refractivity contribution in [2.45, 2.75) is 10.1 Å². The number of rotatable bonds is 4. The minimum absolute atomic E-state index is 0.407. The van der Waals surface area contributed by atoms with Crippen molar-refractivity contribution in [1.29, 1.82) is 5.26 Å². The maximum Gasteiger partial charge on any atom is 0.235 e. The number of primary amides is 1. The zero-order valence-electron chi connectivity index (χ0n) is 10.4. The molecule has 2 N–H and O–H groups in total. The number of nitriles is 1. The fourth-order valence-corrected chi connectivity index (χ4v) is 3.26. The molecule has 0 unspecified atom stereocenters. The summed E-state index contributed by atoms with van der Waals surface area (Å²) in [5.41, 5.74) is 6.84. The molecule has 0 bridgehead atoms. The average molecular weight is 347 g/mol. The molecule has 0 aliphatic heterocycles. The maximum absolute atomic E-state index is 11.7. The predicted octanol–water partition coefficient (Wildman–Crippen LogP) is 3.64. The lowest BCUT2D eigenvalue weighted by Gasteiger charge is -2.14. The summed E-state index contributed by atoms with van der Waals surface area (Å²) in [7, 11) is 0. The van der Waals surface area contributed by atoms with Crippen LogP contribution in [0.25, 0.3) is 0 Å². The molecule has 0 aromatic heterocycles. The number of benzene rings is 2. The Balaban J connectivity index is 2.30. The van der Waals surface area contributed by atoms with Crippen LogP contribution in [0.5, 0.6) is 0 Å². The van der Waals surface area contributed by atoms with E-state index in [-0.39, 0.29) is 0 Å². The molecule has 2 aromatic carbocycles. The summed E-state index contributed by atoms with van der Waals surface area (Å²) in [5.74, 6) is -0.407. The first-order chi connectivity index (χ1) is 9.61. The van der Waals surface area contributed by atoms with E-state index in [0.717, 1.165) is 14.9 Å².